The van der Waals surface area contributed by atoms with E-state index in [2.05, 4.69) is 31.3 Å². The summed E-state index contributed by atoms with van der Waals surface area (Å²) in [5.74, 6) is 1.57. The van der Waals surface area contributed by atoms with Gasteiger partial charge in [0, 0.05) is 6.54 Å². The average Bonchev–Trinajstić information content (AvgIpc) is 2.37. The molecule has 0 saturated carbocycles. The van der Waals surface area contributed by atoms with Crippen molar-refractivity contribution in [3.8, 4) is 11.5 Å². The van der Waals surface area contributed by atoms with E-state index in [9.17, 15) is 0 Å². The predicted molar refractivity (Wildman–Crippen MR) is 81.0 cm³/mol. The quantitative estimate of drug-likeness (QED) is 0.816. The van der Waals surface area contributed by atoms with Gasteiger partial charge in [0.1, 0.15) is 0 Å². The van der Waals surface area contributed by atoms with Gasteiger partial charge in [-0.3, -0.25) is 0 Å². The molecule has 0 saturated heterocycles. The van der Waals surface area contributed by atoms with E-state index in [1.807, 2.05) is 26.0 Å². The van der Waals surface area contributed by atoms with Gasteiger partial charge in [-0.15, -0.1) is 0 Å². The molecule has 1 aromatic rings. The molecule has 0 amide bonds. The maximum atomic E-state index is 5.70. The number of likely N-dealkylation sites (N-methyl/N-ethyl adjacent to an activating group) is 1. The molecule has 0 aromatic heterocycles. The standard InChI is InChI=1S/C16H25NO2/c1-6-17-11-13(4)9-14-7-8-15(19-12(2)3)16(10-14)18-5/h7-10,12,17H,6,11H2,1-5H3. The minimum Gasteiger partial charge on any atom is -0.493 e. The summed E-state index contributed by atoms with van der Waals surface area (Å²) in [7, 11) is 1.67. The summed E-state index contributed by atoms with van der Waals surface area (Å²) in [4.78, 5) is 0. The molecule has 0 aliphatic heterocycles. The third-order valence-corrected chi connectivity index (χ3v) is 2.62. The molecule has 0 atom stereocenters. The Kier molecular flexibility index (Phi) is 6.43. The topological polar surface area (TPSA) is 30.5 Å². The highest BCUT2D eigenvalue weighted by molar-refractivity contribution is 5.58. The van der Waals surface area contributed by atoms with Crippen molar-refractivity contribution in [2.24, 2.45) is 0 Å². The largest absolute Gasteiger partial charge is 0.493 e. The molecular formula is C16H25NO2. The molecule has 19 heavy (non-hydrogen) atoms. The van der Waals surface area contributed by atoms with Gasteiger partial charge >= 0.3 is 0 Å². The molecule has 3 nitrogen and oxygen atoms in total. The number of hydrogen-bond donors (Lipinski definition) is 1. The fourth-order valence-electron chi connectivity index (χ4n) is 1.78. The van der Waals surface area contributed by atoms with Crippen LogP contribution in [-0.4, -0.2) is 26.3 Å². The van der Waals surface area contributed by atoms with Gasteiger partial charge in [0.2, 0.25) is 0 Å². The zero-order valence-corrected chi connectivity index (χ0v) is 12.6. The number of nitrogens with one attached hydrogen (secondary N) is 1. The first kappa shape index (κ1) is 15.6. The fourth-order valence-corrected chi connectivity index (χ4v) is 1.78. The Morgan fingerprint density at radius 3 is 2.63 bits per heavy atom. The van der Waals surface area contributed by atoms with E-state index >= 15 is 0 Å². The van der Waals surface area contributed by atoms with Crippen molar-refractivity contribution in [3.05, 3.63) is 29.3 Å². The van der Waals surface area contributed by atoms with Crippen LogP contribution in [0.5, 0.6) is 11.5 Å². The maximum Gasteiger partial charge on any atom is 0.161 e. The summed E-state index contributed by atoms with van der Waals surface area (Å²) >= 11 is 0. The van der Waals surface area contributed by atoms with Crippen molar-refractivity contribution in [2.45, 2.75) is 33.8 Å². The van der Waals surface area contributed by atoms with E-state index in [0.29, 0.717) is 0 Å². The lowest BCUT2D eigenvalue weighted by Crippen LogP contribution is -2.14. The molecule has 0 fully saturated rings. The average molecular weight is 263 g/mol. The molecular weight excluding hydrogens is 238 g/mol. The molecule has 1 N–H and O–H groups in total. The second-order valence-electron chi connectivity index (χ2n) is 4.85. The van der Waals surface area contributed by atoms with Gasteiger partial charge in [0.05, 0.1) is 13.2 Å². The van der Waals surface area contributed by atoms with Crippen LogP contribution in [0.25, 0.3) is 6.08 Å². The van der Waals surface area contributed by atoms with Gasteiger partial charge in [0.25, 0.3) is 0 Å². The lowest BCUT2D eigenvalue weighted by Gasteiger charge is -2.14. The first-order valence-electron chi connectivity index (χ1n) is 6.79. The third kappa shape index (κ3) is 5.35. The van der Waals surface area contributed by atoms with E-state index in [1.165, 1.54) is 5.57 Å². The van der Waals surface area contributed by atoms with Crippen molar-refractivity contribution >= 4 is 6.08 Å². The van der Waals surface area contributed by atoms with Crippen LogP contribution in [0, 0.1) is 0 Å². The van der Waals surface area contributed by atoms with E-state index in [0.717, 1.165) is 30.2 Å². The molecule has 0 aliphatic carbocycles. The van der Waals surface area contributed by atoms with Gasteiger partial charge in [-0.1, -0.05) is 24.6 Å². The van der Waals surface area contributed by atoms with E-state index < -0.39 is 0 Å². The van der Waals surface area contributed by atoms with E-state index in [4.69, 9.17) is 9.47 Å². The Labute approximate surface area is 116 Å². The van der Waals surface area contributed by atoms with Crippen LogP contribution in [0.4, 0.5) is 0 Å². The van der Waals surface area contributed by atoms with Gasteiger partial charge in [-0.25, -0.2) is 0 Å². The fraction of sp³-hybridized carbons (Fsp3) is 0.500. The lowest BCUT2D eigenvalue weighted by molar-refractivity contribution is 0.230. The Balaban J connectivity index is 2.87. The Hall–Kier alpha value is -1.48. The zero-order chi connectivity index (χ0) is 14.3. The highest BCUT2D eigenvalue weighted by atomic mass is 16.5. The van der Waals surface area contributed by atoms with Gasteiger partial charge < -0.3 is 14.8 Å². The highest BCUT2D eigenvalue weighted by Gasteiger charge is 2.06. The molecule has 0 aliphatic rings. The van der Waals surface area contributed by atoms with Crippen LogP contribution >= 0.6 is 0 Å². The van der Waals surface area contributed by atoms with Crippen LogP contribution in [0.15, 0.2) is 23.8 Å². The minimum absolute atomic E-state index is 0.144. The molecule has 0 unspecified atom stereocenters. The van der Waals surface area contributed by atoms with Crippen LogP contribution in [0.1, 0.15) is 33.3 Å². The summed E-state index contributed by atoms with van der Waals surface area (Å²) in [5.41, 5.74) is 2.42. The number of hydrogen-bond acceptors (Lipinski definition) is 3. The number of benzene rings is 1. The normalized spacial score (nSPS) is 11.8. The summed E-state index contributed by atoms with van der Waals surface area (Å²) in [5, 5.41) is 3.31. The summed E-state index contributed by atoms with van der Waals surface area (Å²) in [6, 6.07) is 6.02. The van der Waals surface area contributed by atoms with Crippen molar-refractivity contribution in [2.75, 3.05) is 20.2 Å². The summed E-state index contributed by atoms with van der Waals surface area (Å²) in [6.07, 6.45) is 2.30. The van der Waals surface area contributed by atoms with Crippen LogP contribution in [-0.2, 0) is 0 Å². The van der Waals surface area contributed by atoms with Gasteiger partial charge in [0.15, 0.2) is 11.5 Å². The Bertz CT molecular complexity index is 425. The maximum absolute atomic E-state index is 5.70. The van der Waals surface area contributed by atoms with Gasteiger partial charge in [-0.05, 0) is 45.0 Å². The van der Waals surface area contributed by atoms with Crippen molar-refractivity contribution in [1.82, 2.24) is 5.32 Å². The zero-order valence-electron chi connectivity index (χ0n) is 12.6. The van der Waals surface area contributed by atoms with Crippen LogP contribution < -0.4 is 14.8 Å². The van der Waals surface area contributed by atoms with E-state index in [-0.39, 0.29) is 6.10 Å². The Morgan fingerprint density at radius 1 is 1.32 bits per heavy atom. The summed E-state index contributed by atoms with van der Waals surface area (Å²) in [6.45, 7) is 10.1. The van der Waals surface area contributed by atoms with Crippen LogP contribution in [0.3, 0.4) is 0 Å². The van der Waals surface area contributed by atoms with Crippen molar-refractivity contribution in [3.63, 3.8) is 0 Å². The second-order valence-corrected chi connectivity index (χ2v) is 4.85. The van der Waals surface area contributed by atoms with Crippen molar-refractivity contribution in [1.29, 1.82) is 0 Å². The second kappa shape index (κ2) is 7.85. The van der Waals surface area contributed by atoms with E-state index in [1.54, 1.807) is 7.11 Å². The molecule has 1 rings (SSSR count). The monoisotopic (exact) mass is 263 g/mol. The molecule has 0 spiro atoms. The number of methoxy groups -OCH3 is 1. The first-order chi connectivity index (χ1) is 9.06. The SMILES string of the molecule is CCNCC(C)=Cc1ccc(OC(C)C)c(OC)c1. The summed E-state index contributed by atoms with van der Waals surface area (Å²) < 4.78 is 11.1. The van der Waals surface area contributed by atoms with Crippen molar-refractivity contribution < 1.29 is 9.47 Å². The number of rotatable bonds is 7. The molecule has 106 valence electrons. The molecule has 0 bridgehead atoms. The first-order valence-corrected chi connectivity index (χ1v) is 6.79. The minimum atomic E-state index is 0.144. The molecule has 0 radical (unpaired) electrons. The predicted octanol–water partition coefficient (Wildman–Crippen LogP) is 3.50. The molecule has 0 heterocycles. The van der Waals surface area contributed by atoms with Crippen LogP contribution in [0.2, 0.25) is 0 Å². The molecule has 1 aromatic carbocycles. The number of ether oxygens (including phenoxy) is 2. The highest BCUT2D eigenvalue weighted by Crippen LogP contribution is 2.29. The lowest BCUT2D eigenvalue weighted by atomic mass is 10.1. The van der Waals surface area contributed by atoms with Gasteiger partial charge in [-0.2, -0.15) is 0 Å². The smallest absolute Gasteiger partial charge is 0.161 e. The Morgan fingerprint density at radius 2 is 2.05 bits per heavy atom. The third-order valence-electron chi connectivity index (χ3n) is 2.62. The molecule has 3 heteroatoms.